The number of nitrogens with zero attached hydrogens (tertiary/aromatic N) is 2. The summed E-state index contributed by atoms with van der Waals surface area (Å²) in [5, 5.41) is 10.8. The van der Waals surface area contributed by atoms with E-state index in [4.69, 9.17) is 4.74 Å². The summed E-state index contributed by atoms with van der Waals surface area (Å²) < 4.78 is 5.31. The van der Waals surface area contributed by atoms with E-state index >= 15 is 0 Å². The lowest BCUT2D eigenvalue weighted by Gasteiger charge is -2.00. The van der Waals surface area contributed by atoms with Crippen molar-refractivity contribution in [3.8, 4) is 17.0 Å². The quantitative estimate of drug-likeness (QED) is 0.605. The zero-order valence-electron chi connectivity index (χ0n) is 11.5. The van der Waals surface area contributed by atoms with Crippen molar-refractivity contribution in [2.45, 2.75) is 0 Å². The molecule has 4 aromatic rings. The van der Waals surface area contributed by atoms with E-state index in [0.29, 0.717) is 0 Å². The summed E-state index contributed by atoms with van der Waals surface area (Å²) in [6, 6.07) is 18.1. The highest BCUT2D eigenvalue weighted by Gasteiger charge is 2.09. The highest BCUT2D eigenvalue weighted by atomic mass is 16.5. The van der Waals surface area contributed by atoms with Crippen LogP contribution in [0.3, 0.4) is 0 Å². The van der Waals surface area contributed by atoms with Crippen molar-refractivity contribution in [3.05, 3.63) is 54.6 Å². The largest absolute Gasteiger partial charge is 0.497 e. The number of hydrogen-bond donors (Lipinski definition) is 1. The third-order valence-corrected chi connectivity index (χ3v) is 3.63. The number of ether oxygens (including phenoxy) is 1. The second-order valence-corrected chi connectivity index (χ2v) is 4.89. The maximum absolute atomic E-state index is 5.31. The van der Waals surface area contributed by atoms with Gasteiger partial charge in [0.15, 0.2) is 5.65 Å². The van der Waals surface area contributed by atoms with Gasteiger partial charge in [0.1, 0.15) is 5.75 Å². The monoisotopic (exact) mass is 275 g/mol. The molecule has 0 aliphatic rings. The van der Waals surface area contributed by atoms with Crippen LogP contribution in [0.5, 0.6) is 5.75 Å². The van der Waals surface area contributed by atoms with Crippen molar-refractivity contribution in [2.24, 2.45) is 0 Å². The average molecular weight is 275 g/mol. The molecule has 2 heterocycles. The molecule has 102 valence electrons. The van der Waals surface area contributed by atoms with E-state index in [2.05, 4.69) is 21.2 Å². The summed E-state index contributed by atoms with van der Waals surface area (Å²) in [5.41, 5.74) is 3.75. The summed E-state index contributed by atoms with van der Waals surface area (Å²) in [5.74, 6) is 0.835. The summed E-state index contributed by atoms with van der Waals surface area (Å²) in [7, 11) is 1.67. The molecule has 2 aromatic carbocycles. The average Bonchev–Trinajstić information content (AvgIpc) is 2.92. The number of aromatic nitrogens is 3. The molecule has 0 aliphatic carbocycles. The Bertz CT molecular complexity index is 929. The lowest BCUT2D eigenvalue weighted by Crippen LogP contribution is -1.87. The number of rotatable bonds is 2. The zero-order valence-corrected chi connectivity index (χ0v) is 11.5. The van der Waals surface area contributed by atoms with Crippen LogP contribution in [0.2, 0.25) is 0 Å². The van der Waals surface area contributed by atoms with Crippen LogP contribution >= 0.6 is 0 Å². The Morgan fingerprint density at radius 1 is 0.905 bits per heavy atom. The number of fused-ring (bicyclic) bond motifs is 3. The third-order valence-electron chi connectivity index (χ3n) is 3.63. The van der Waals surface area contributed by atoms with Gasteiger partial charge in [-0.1, -0.05) is 30.3 Å². The molecular weight excluding hydrogens is 262 g/mol. The van der Waals surface area contributed by atoms with Gasteiger partial charge in [-0.25, -0.2) is 0 Å². The fourth-order valence-corrected chi connectivity index (χ4v) is 2.55. The van der Waals surface area contributed by atoms with E-state index in [1.54, 1.807) is 7.11 Å². The van der Waals surface area contributed by atoms with Crippen molar-refractivity contribution in [3.63, 3.8) is 0 Å². The molecule has 4 nitrogen and oxygen atoms in total. The highest BCUT2D eigenvalue weighted by Crippen LogP contribution is 2.29. The molecule has 0 atom stereocenters. The Labute approximate surface area is 121 Å². The molecule has 0 saturated heterocycles. The molecule has 0 fully saturated rings. The maximum Gasteiger partial charge on any atom is 0.161 e. The molecule has 1 N–H and O–H groups in total. The van der Waals surface area contributed by atoms with Crippen molar-refractivity contribution in [1.82, 2.24) is 15.2 Å². The van der Waals surface area contributed by atoms with Crippen LogP contribution in [0.4, 0.5) is 0 Å². The second-order valence-electron chi connectivity index (χ2n) is 4.89. The lowest BCUT2D eigenvalue weighted by molar-refractivity contribution is 0.415. The van der Waals surface area contributed by atoms with E-state index in [9.17, 15) is 0 Å². The zero-order chi connectivity index (χ0) is 14.2. The predicted molar refractivity (Wildman–Crippen MR) is 83.4 cm³/mol. The van der Waals surface area contributed by atoms with Gasteiger partial charge in [-0.2, -0.15) is 0 Å². The van der Waals surface area contributed by atoms with Gasteiger partial charge < -0.3 is 9.72 Å². The Balaban J connectivity index is 1.99. The van der Waals surface area contributed by atoms with Crippen LogP contribution < -0.4 is 4.74 Å². The SMILES string of the molecule is COc1ccc2[nH]c3nnc(-c4ccccc4)cc3c2c1. The smallest absolute Gasteiger partial charge is 0.161 e. The first kappa shape index (κ1) is 11.9. The Hall–Kier alpha value is -2.88. The Morgan fingerprint density at radius 2 is 1.76 bits per heavy atom. The van der Waals surface area contributed by atoms with Gasteiger partial charge in [-0.3, -0.25) is 0 Å². The van der Waals surface area contributed by atoms with Crippen LogP contribution in [0.15, 0.2) is 54.6 Å². The van der Waals surface area contributed by atoms with Crippen molar-refractivity contribution >= 4 is 21.9 Å². The summed E-state index contributed by atoms with van der Waals surface area (Å²) in [4.78, 5) is 3.28. The molecule has 4 rings (SSSR count). The molecule has 0 amide bonds. The minimum absolute atomic E-state index is 0.790. The van der Waals surface area contributed by atoms with E-state index in [-0.39, 0.29) is 0 Å². The van der Waals surface area contributed by atoms with Crippen molar-refractivity contribution in [1.29, 1.82) is 0 Å². The molecule has 21 heavy (non-hydrogen) atoms. The molecule has 0 saturated carbocycles. The molecule has 0 radical (unpaired) electrons. The second kappa shape index (κ2) is 4.59. The Morgan fingerprint density at radius 3 is 2.57 bits per heavy atom. The predicted octanol–water partition coefficient (Wildman–Crippen LogP) is 3.79. The highest BCUT2D eigenvalue weighted by molar-refractivity contribution is 6.07. The van der Waals surface area contributed by atoms with Crippen LogP contribution in [0, 0.1) is 0 Å². The number of H-pyrrole nitrogens is 1. The molecule has 0 unspecified atom stereocenters. The van der Waals surface area contributed by atoms with Gasteiger partial charge in [0.25, 0.3) is 0 Å². The molecule has 4 heteroatoms. The topological polar surface area (TPSA) is 50.8 Å². The first-order chi connectivity index (χ1) is 10.3. The molecule has 2 aromatic heterocycles. The third kappa shape index (κ3) is 1.92. The minimum atomic E-state index is 0.790. The van der Waals surface area contributed by atoms with E-state index in [0.717, 1.165) is 38.9 Å². The van der Waals surface area contributed by atoms with E-state index in [1.165, 1.54) is 0 Å². The Kier molecular flexibility index (Phi) is 2.60. The fourth-order valence-electron chi connectivity index (χ4n) is 2.55. The fraction of sp³-hybridized carbons (Fsp3) is 0.0588. The maximum atomic E-state index is 5.31. The van der Waals surface area contributed by atoms with E-state index in [1.807, 2.05) is 48.5 Å². The summed E-state index contributed by atoms with van der Waals surface area (Å²) >= 11 is 0. The lowest BCUT2D eigenvalue weighted by atomic mass is 10.1. The standard InChI is InChI=1S/C17H13N3O/c1-21-12-7-8-15-13(9-12)14-10-16(19-20-17(14)18-15)11-5-3-2-4-6-11/h2-10H,1H3,(H,18,20). The van der Waals surface area contributed by atoms with Gasteiger partial charge in [0.05, 0.1) is 12.8 Å². The van der Waals surface area contributed by atoms with Crippen LogP contribution in [-0.2, 0) is 0 Å². The van der Waals surface area contributed by atoms with Gasteiger partial charge in [0, 0.05) is 21.9 Å². The number of nitrogens with one attached hydrogen (secondary N) is 1. The van der Waals surface area contributed by atoms with Crippen LogP contribution in [0.1, 0.15) is 0 Å². The van der Waals surface area contributed by atoms with Gasteiger partial charge in [-0.05, 0) is 24.3 Å². The number of benzene rings is 2. The van der Waals surface area contributed by atoms with Crippen LogP contribution in [0.25, 0.3) is 33.2 Å². The molecular formula is C17H13N3O. The number of aromatic amines is 1. The van der Waals surface area contributed by atoms with Crippen molar-refractivity contribution in [2.75, 3.05) is 7.11 Å². The molecule has 0 bridgehead atoms. The minimum Gasteiger partial charge on any atom is -0.497 e. The normalized spacial score (nSPS) is 11.1. The molecule has 0 aliphatic heterocycles. The van der Waals surface area contributed by atoms with Gasteiger partial charge in [-0.15, -0.1) is 10.2 Å². The van der Waals surface area contributed by atoms with Gasteiger partial charge in [0.2, 0.25) is 0 Å². The van der Waals surface area contributed by atoms with Gasteiger partial charge >= 0.3 is 0 Å². The first-order valence-electron chi connectivity index (χ1n) is 6.74. The summed E-state index contributed by atoms with van der Waals surface area (Å²) in [6.45, 7) is 0. The first-order valence-corrected chi connectivity index (χ1v) is 6.74. The summed E-state index contributed by atoms with van der Waals surface area (Å²) in [6.07, 6.45) is 0. The van der Waals surface area contributed by atoms with E-state index < -0.39 is 0 Å². The number of hydrogen-bond acceptors (Lipinski definition) is 3. The van der Waals surface area contributed by atoms with Crippen molar-refractivity contribution < 1.29 is 4.74 Å². The molecule has 0 spiro atoms. The number of methoxy groups -OCH3 is 1. The van der Waals surface area contributed by atoms with Crippen LogP contribution in [-0.4, -0.2) is 22.3 Å².